The zero-order chi connectivity index (χ0) is 12.5. The Kier molecular flexibility index (Phi) is 2.96. The van der Waals surface area contributed by atoms with E-state index in [9.17, 15) is 4.79 Å². The third kappa shape index (κ3) is 2.34. The Balaban J connectivity index is 1.69. The van der Waals surface area contributed by atoms with Crippen LogP contribution in [0.3, 0.4) is 0 Å². The third-order valence-electron chi connectivity index (χ3n) is 3.74. The Labute approximate surface area is 107 Å². The van der Waals surface area contributed by atoms with Gasteiger partial charge in [0.1, 0.15) is 6.04 Å². The molecule has 2 aliphatic rings. The van der Waals surface area contributed by atoms with Gasteiger partial charge in [-0.2, -0.15) is 0 Å². The van der Waals surface area contributed by atoms with Crippen molar-refractivity contribution in [2.45, 2.75) is 31.3 Å². The van der Waals surface area contributed by atoms with Gasteiger partial charge in [0.15, 0.2) is 0 Å². The summed E-state index contributed by atoms with van der Waals surface area (Å²) < 4.78 is 0. The topological polar surface area (TPSA) is 58.4 Å². The van der Waals surface area contributed by atoms with Crippen molar-refractivity contribution in [3.05, 3.63) is 29.8 Å². The fourth-order valence-electron chi connectivity index (χ4n) is 2.58. The van der Waals surface area contributed by atoms with E-state index < -0.39 is 0 Å². The zero-order valence-electron chi connectivity index (χ0n) is 10.4. The van der Waals surface area contributed by atoms with Crippen LogP contribution in [-0.4, -0.2) is 31.1 Å². The Morgan fingerprint density at radius 2 is 2.22 bits per heavy atom. The lowest BCUT2D eigenvalue weighted by Crippen LogP contribution is -2.49. The molecule has 4 heteroatoms. The minimum atomic E-state index is -0.244. The predicted octanol–water partition coefficient (Wildman–Crippen LogP) is 0.655. The number of fused-ring (bicyclic) bond motifs is 1. The van der Waals surface area contributed by atoms with Gasteiger partial charge < -0.3 is 16.0 Å². The van der Waals surface area contributed by atoms with Crippen LogP contribution < -0.4 is 16.0 Å². The maximum absolute atomic E-state index is 11.5. The summed E-state index contributed by atoms with van der Waals surface area (Å²) in [6.45, 7) is 1.66. The van der Waals surface area contributed by atoms with E-state index in [1.807, 2.05) is 6.07 Å². The van der Waals surface area contributed by atoms with Crippen molar-refractivity contribution in [2.75, 3.05) is 18.0 Å². The fourth-order valence-corrected chi connectivity index (χ4v) is 2.58. The first-order valence-corrected chi connectivity index (χ1v) is 6.62. The molecule has 0 bridgehead atoms. The summed E-state index contributed by atoms with van der Waals surface area (Å²) in [5, 5.41) is 3.33. The monoisotopic (exact) mass is 245 g/mol. The average molecular weight is 245 g/mol. The van der Waals surface area contributed by atoms with E-state index in [1.54, 1.807) is 0 Å². The molecule has 3 N–H and O–H groups in total. The summed E-state index contributed by atoms with van der Waals surface area (Å²) in [4.78, 5) is 13.8. The maximum atomic E-state index is 11.5. The first kappa shape index (κ1) is 11.5. The minimum absolute atomic E-state index is 0.233. The van der Waals surface area contributed by atoms with Crippen LogP contribution in [0.15, 0.2) is 24.3 Å². The van der Waals surface area contributed by atoms with Crippen LogP contribution >= 0.6 is 0 Å². The smallest absolute Gasteiger partial charge is 0.236 e. The number of carbonyl (C=O) groups is 1. The van der Waals surface area contributed by atoms with Gasteiger partial charge in [0.2, 0.25) is 5.91 Å². The molecule has 1 heterocycles. The van der Waals surface area contributed by atoms with E-state index in [4.69, 9.17) is 5.73 Å². The van der Waals surface area contributed by atoms with Gasteiger partial charge in [-0.1, -0.05) is 18.2 Å². The Hall–Kier alpha value is -1.55. The molecule has 96 valence electrons. The molecule has 0 aromatic heterocycles. The van der Waals surface area contributed by atoms with Gasteiger partial charge in [-0.3, -0.25) is 4.79 Å². The summed E-state index contributed by atoms with van der Waals surface area (Å²) in [5.74, 6) is -0.244. The normalized spacial score (nSPS) is 19.7. The number of primary amides is 1. The lowest BCUT2D eigenvalue weighted by atomic mass is 10.2. The number of amides is 1. The molecule has 4 nitrogen and oxygen atoms in total. The van der Waals surface area contributed by atoms with E-state index in [1.165, 1.54) is 24.1 Å². The summed E-state index contributed by atoms with van der Waals surface area (Å²) in [5.41, 5.74) is 8.10. The summed E-state index contributed by atoms with van der Waals surface area (Å²) in [6, 6.07) is 8.66. The molecule has 1 aliphatic heterocycles. The van der Waals surface area contributed by atoms with Crippen LogP contribution in [0.4, 0.5) is 5.69 Å². The molecule has 1 amide bonds. The molecular formula is C14H19N3O. The summed E-state index contributed by atoms with van der Waals surface area (Å²) in [7, 11) is 0. The lowest BCUT2D eigenvalue weighted by Gasteiger charge is -2.25. The second-order valence-corrected chi connectivity index (χ2v) is 5.22. The van der Waals surface area contributed by atoms with E-state index in [2.05, 4.69) is 28.4 Å². The van der Waals surface area contributed by atoms with Gasteiger partial charge in [-0.25, -0.2) is 0 Å². The molecule has 0 saturated heterocycles. The van der Waals surface area contributed by atoms with Crippen LogP contribution in [0, 0.1) is 0 Å². The van der Waals surface area contributed by atoms with E-state index >= 15 is 0 Å². The number of carbonyl (C=O) groups excluding carboxylic acids is 1. The molecule has 18 heavy (non-hydrogen) atoms. The molecule has 1 saturated carbocycles. The minimum Gasteiger partial charge on any atom is -0.369 e. The highest BCUT2D eigenvalue weighted by atomic mass is 16.1. The number of anilines is 1. The van der Waals surface area contributed by atoms with Crippen molar-refractivity contribution >= 4 is 11.6 Å². The number of hydrogen-bond acceptors (Lipinski definition) is 3. The number of nitrogens with one attached hydrogen (secondary N) is 1. The summed E-state index contributed by atoms with van der Waals surface area (Å²) in [6.07, 6.45) is 3.39. The van der Waals surface area contributed by atoms with Gasteiger partial charge in [-0.15, -0.1) is 0 Å². The second-order valence-electron chi connectivity index (χ2n) is 5.22. The molecule has 0 spiro atoms. The van der Waals surface area contributed by atoms with Gasteiger partial charge in [0, 0.05) is 24.8 Å². The third-order valence-corrected chi connectivity index (χ3v) is 3.74. The lowest BCUT2D eigenvalue weighted by molar-refractivity contribution is -0.119. The number of hydrogen-bond donors (Lipinski definition) is 2. The van der Waals surface area contributed by atoms with Gasteiger partial charge in [0.05, 0.1) is 0 Å². The van der Waals surface area contributed by atoms with Crippen LogP contribution in [-0.2, 0) is 11.2 Å². The van der Waals surface area contributed by atoms with Gasteiger partial charge >= 0.3 is 0 Å². The molecule has 1 fully saturated rings. The number of rotatable bonds is 5. The van der Waals surface area contributed by atoms with E-state index in [0.29, 0.717) is 12.6 Å². The van der Waals surface area contributed by atoms with Gasteiger partial charge in [0.25, 0.3) is 0 Å². The van der Waals surface area contributed by atoms with E-state index in [-0.39, 0.29) is 11.9 Å². The van der Waals surface area contributed by atoms with Crippen LogP contribution in [0.2, 0.25) is 0 Å². The molecular weight excluding hydrogens is 226 g/mol. The Morgan fingerprint density at radius 1 is 1.44 bits per heavy atom. The highest BCUT2D eigenvalue weighted by Gasteiger charge is 2.30. The number of nitrogens with zero attached hydrogens (tertiary/aromatic N) is 1. The zero-order valence-corrected chi connectivity index (χ0v) is 10.4. The average Bonchev–Trinajstić information content (AvgIpc) is 3.09. The first-order chi connectivity index (χ1) is 8.74. The predicted molar refractivity (Wildman–Crippen MR) is 71.5 cm³/mol. The van der Waals surface area contributed by atoms with Crippen LogP contribution in [0.5, 0.6) is 0 Å². The molecule has 1 aliphatic carbocycles. The number of para-hydroxylation sites is 1. The van der Waals surface area contributed by atoms with Crippen LogP contribution in [0.25, 0.3) is 0 Å². The number of benzene rings is 1. The van der Waals surface area contributed by atoms with E-state index in [0.717, 1.165) is 13.0 Å². The second kappa shape index (κ2) is 4.61. The molecule has 1 aromatic carbocycles. The molecule has 1 aromatic rings. The molecule has 1 unspecified atom stereocenters. The van der Waals surface area contributed by atoms with Crippen molar-refractivity contribution in [1.29, 1.82) is 0 Å². The summed E-state index contributed by atoms with van der Waals surface area (Å²) >= 11 is 0. The molecule has 3 rings (SSSR count). The first-order valence-electron chi connectivity index (χ1n) is 6.62. The van der Waals surface area contributed by atoms with Crippen molar-refractivity contribution in [1.82, 2.24) is 5.32 Å². The largest absolute Gasteiger partial charge is 0.369 e. The standard InChI is InChI=1S/C14H19N3O/c15-14(18)12(16-11-5-6-11)9-17-8-7-10-3-1-2-4-13(10)17/h1-4,11-12,16H,5-9H2,(H2,15,18). The highest BCUT2D eigenvalue weighted by Crippen LogP contribution is 2.27. The van der Waals surface area contributed by atoms with Crippen molar-refractivity contribution in [3.63, 3.8) is 0 Å². The quantitative estimate of drug-likeness (QED) is 0.801. The Morgan fingerprint density at radius 3 is 2.94 bits per heavy atom. The van der Waals surface area contributed by atoms with Crippen LogP contribution in [0.1, 0.15) is 18.4 Å². The number of nitrogens with two attached hydrogens (primary N) is 1. The maximum Gasteiger partial charge on any atom is 0.236 e. The SMILES string of the molecule is NC(=O)C(CN1CCc2ccccc21)NC1CC1. The molecule has 1 atom stereocenters. The van der Waals surface area contributed by atoms with Crippen molar-refractivity contribution in [3.8, 4) is 0 Å². The fraction of sp³-hybridized carbons (Fsp3) is 0.500. The van der Waals surface area contributed by atoms with Crippen molar-refractivity contribution in [2.24, 2.45) is 5.73 Å². The highest BCUT2D eigenvalue weighted by molar-refractivity contribution is 5.81. The van der Waals surface area contributed by atoms with Crippen molar-refractivity contribution < 1.29 is 4.79 Å². The Bertz CT molecular complexity index is 456. The molecule has 0 radical (unpaired) electrons. The van der Waals surface area contributed by atoms with Gasteiger partial charge in [-0.05, 0) is 30.9 Å².